The van der Waals surface area contributed by atoms with Crippen molar-refractivity contribution < 1.29 is 22.7 Å². The Balaban J connectivity index is 1.97. The number of hydrogen-bond acceptors (Lipinski definition) is 6. The zero-order chi connectivity index (χ0) is 18.7. The van der Waals surface area contributed by atoms with E-state index in [9.17, 15) is 13.2 Å². The van der Waals surface area contributed by atoms with Gasteiger partial charge in [-0.15, -0.1) is 0 Å². The molecular weight excluding hydrogens is 358 g/mol. The number of nitrogens with one attached hydrogen (secondary N) is 2. The van der Waals surface area contributed by atoms with Gasteiger partial charge in [-0.2, -0.15) is 0 Å². The molecule has 8 nitrogen and oxygen atoms in total. The van der Waals surface area contributed by atoms with Crippen molar-refractivity contribution in [2.45, 2.75) is 17.7 Å². The first-order valence-corrected chi connectivity index (χ1v) is 9.45. The number of carbonyl (C=O) groups excluding carboxylic acids is 1. The molecule has 1 aliphatic rings. The summed E-state index contributed by atoms with van der Waals surface area (Å²) in [6, 6.07) is 5.97. The molecule has 2 N–H and O–H groups in total. The number of methoxy groups -OCH3 is 2. The molecule has 1 amide bonds. The van der Waals surface area contributed by atoms with Crippen LogP contribution in [0.4, 0.5) is 5.69 Å². The maximum atomic E-state index is 12.8. The zero-order valence-corrected chi connectivity index (χ0v) is 15.2. The number of carbonyl (C=O) groups is 1. The Morgan fingerprint density at radius 2 is 2.00 bits per heavy atom. The van der Waals surface area contributed by atoms with Crippen molar-refractivity contribution in [3.63, 3.8) is 0 Å². The van der Waals surface area contributed by atoms with Crippen molar-refractivity contribution in [3.8, 4) is 11.5 Å². The van der Waals surface area contributed by atoms with E-state index in [1.807, 2.05) is 0 Å². The van der Waals surface area contributed by atoms with Gasteiger partial charge in [-0.25, -0.2) is 8.42 Å². The first kappa shape index (κ1) is 18.0. The first-order valence-electron chi connectivity index (χ1n) is 7.96. The minimum atomic E-state index is -3.97. The highest BCUT2D eigenvalue weighted by Gasteiger charge is 2.23. The highest BCUT2D eigenvalue weighted by Crippen LogP contribution is 2.30. The van der Waals surface area contributed by atoms with Crippen molar-refractivity contribution >= 4 is 21.6 Å². The van der Waals surface area contributed by atoms with Crippen LogP contribution < -0.4 is 19.5 Å². The van der Waals surface area contributed by atoms with E-state index in [1.165, 1.54) is 38.6 Å². The molecule has 3 rings (SSSR count). The molecule has 138 valence electrons. The van der Waals surface area contributed by atoms with Crippen molar-refractivity contribution in [2.24, 2.45) is 0 Å². The Kier molecular flexibility index (Phi) is 4.99. The number of sulfonamides is 1. The van der Waals surface area contributed by atoms with Crippen LogP contribution in [0.3, 0.4) is 0 Å². The second kappa shape index (κ2) is 7.20. The average Bonchev–Trinajstić information content (AvgIpc) is 2.82. The number of pyridine rings is 1. The SMILES string of the molecule is COc1ccc(OC)c(S(=O)(=O)Nc2cnc3c(c2)C(=O)NCCC3)c1. The minimum Gasteiger partial charge on any atom is -0.497 e. The minimum absolute atomic E-state index is 0.0706. The fourth-order valence-electron chi connectivity index (χ4n) is 2.70. The molecule has 9 heteroatoms. The van der Waals surface area contributed by atoms with Crippen LogP contribution in [0.1, 0.15) is 22.5 Å². The fourth-order valence-corrected chi connectivity index (χ4v) is 3.92. The highest BCUT2D eigenvalue weighted by atomic mass is 32.2. The molecule has 1 aliphatic heterocycles. The lowest BCUT2D eigenvalue weighted by Crippen LogP contribution is -2.23. The summed E-state index contributed by atoms with van der Waals surface area (Å²) in [5, 5.41) is 2.76. The molecule has 0 radical (unpaired) electrons. The van der Waals surface area contributed by atoms with E-state index < -0.39 is 10.0 Å². The summed E-state index contributed by atoms with van der Waals surface area (Å²) < 4.78 is 38.3. The number of anilines is 1. The first-order chi connectivity index (χ1) is 12.4. The van der Waals surface area contributed by atoms with Crippen LogP contribution >= 0.6 is 0 Å². The Bertz CT molecular complexity index is 943. The van der Waals surface area contributed by atoms with Crippen LogP contribution in [-0.2, 0) is 16.4 Å². The monoisotopic (exact) mass is 377 g/mol. The zero-order valence-electron chi connectivity index (χ0n) is 14.4. The smallest absolute Gasteiger partial charge is 0.265 e. The third-order valence-corrected chi connectivity index (χ3v) is 5.41. The standard InChI is InChI=1S/C17H19N3O5S/c1-24-12-5-6-15(25-2)16(9-12)26(22,23)20-11-8-13-14(19-10-11)4-3-7-18-17(13)21/h5-6,8-10,20H,3-4,7H2,1-2H3,(H,18,21). The number of aromatic nitrogens is 1. The van der Waals surface area contributed by atoms with Gasteiger partial charge in [0.05, 0.1) is 37.4 Å². The molecule has 0 unspecified atom stereocenters. The Morgan fingerprint density at radius 3 is 2.73 bits per heavy atom. The summed E-state index contributed by atoms with van der Waals surface area (Å²) in [5.74, 6) is 0.300. The highest BCUT2D eigenvalue weighted by molar-refractivity contribution is 7.92. The molecule has 1 aromatic heterocycles. The molecule has 0 saturated heterocycles. The van der Waals surface area contributed by atoms with Gasteiger partial charge in [0, 0.05) is 12.6 Å². The molecule has 1 aromatic carbocycles. The molecule has 2 aromatic rings. The van der Waals surface area contributed by atoms with Crippen molar-refractivity contribution in [1.29, 1.82) is 0 Å². The predicted octanol–water partition coefficient (Wildman–Crippen LogP) is 1.58. The number of nitrogens with zero attached hydrogens (tertiary/aromatic N) is 1. The normalized spacial score (nSPS) is 14.0. The largest absolute Gasteiger partial charge is 0.497 e. The number of amides is 1. The molecule has 0 spiro atoms. The van der Waals surface area contributed by atoms with Crippen molar-refractivity contribution in [1.82, 2.24) is 10.3 Å². The molecule has 0 atom stereocenters. The molecule has 0 aliphatic carbocycles. The Hall–Kier alpha value is -2.81. The molecule has 26 heavy (non-hydrogen) atoms. The topological polar surface area (TPSA) is 107 Å². The number of ether oxygens (including phenoxy) is 2. The number of benzene rings is 1. The molecule has 2 heterocycles. The van der Waals surface area contributed by atoms with Crippen LogP contribution in [0, 0.1) is 0 Å². The Morgan fingerprint density at radius 1 is 1.19 bits per heavy atom. The third-order valence-electron chi connectivity index (χ3n) is 4.00. The van der Waals surface area contributed by atoms with Gasteiger partial charge < -0.3 is 14.8 Å². The maximum absolute atomic E-state index is 12.8. The van der Waals surface area contributed by atoms with E-state index in [1.54, 1.807) is 6.07 Å². The van der Waals surface area contributed by atoms with Crippen LogP contribution in [0.15, 0.2) is 35.4 Å². The van der Waals surface area contributed by atoms with Crippen LogP contribution in [0.2, 0.25) is 0 Å². The summed E-state index contributed by atoms with van der Waals surface area (Å²) in [6.07, 6.45) is 2.85. The van der Waals surface area contributed by atoms with E-state index in [0.717, 1.165) is 6.42 Å². The van der Waals surface area contributed by atoms with Crippen LogP contribution in [-0.4, -0.2) is 40.1 Å². The Labute approximate surface area is 151 Å². The fraction of sp³-hybridized carbons (Fsp3) is 0.294. The van der Waals surface area contributed by atoms with E-state index in [4.69, 9.17) is 9.47 Å². The number of hydrogen-bond donors (Lipinski definition) is 2. The molecule has 0 fully saturated rings. The summed E-state index contributed by atoms with van der Waals surface area (Å²) in [6.45, 7) is 0.567. The lowest BCUT2D eigenvalue weighted by atomic mass is 10.1. The van der Waals surface area contributed by atoms with Gasteiger partial charge in [0.2, 0.25) is 0 Å². The van der Waals surface area contributed by atoms with Crippen LogP contribution in [0.25, 0.3) is 0 Å². The summed E-state index contributed by atoms with van der Waals surface area (Å²) in [7, 11) is -1.14. The lowest BCUT2D eigenvalue weighted by molar-refractivity contribution is 0.0956. The third kappa shape index (κ3) is 3.57. The summed E-state index contributed by atoms with van der Waals surface area (Å²) >= 11 is 0. The molecule has 0 bridgehead atoms. The average molecular weight is 377 g/mol. The summed E-state index contributed by atoms with van der Waals surface area (Å²) in [5.41, 5.74) is 1.23. The van der Waals surface area contributed by atoms with E-state index in [-0.39, 0.29) is 22.2 Å². The van der Waals surface area contributed by atoms with Crippen molar-refractivity contribution in [2.75, 3.05) is 25.5 Å². The van der Waals surface area contributed by atoms with Gasteiger partial charge in [-0.05, 0) is 31.0 Å². The van der Waals surface area contributed by atoms with Gasteiger partial charge in [0.25, 0.3) is 15.9 Å². The lowest BCUT2D eigenvalue weighted by Gasteiger charge is -2.13. The number of rotatable bonds is 5. The van der Waals surface area contributed by atoms with E-state index >= 15 is 0 Å². The number of fused-ring (bicyclic) bond motifs is 1. The van der Waals surface area contributed by atoms with Gasteiger partial charge in [0.1, 0.15) is 16.4 Å². The van der Waals surface area contributed by atoms with E-state index in [0.29, 0.717) is 30.0 Å². The molecule has 0 saturated carbocycles. The van der Waals surface area contributed by atoms with Crippen LogP contribution in [0.5, 0.6) is 11.5 Å². The molecular formula is C17H19N3O5S. The van der Waals surface area contributed by atoms with Gasteiger partial charge in [0.15, 0.2) is 0 Å². The maximum Gasteiger partial charge on any atom is 0.265 e. The number of aryl methyl sites for hydroxylation is 1. The van der Waals surface area contributed by atoms with E-state index in [2.05, 4.69) is 15.0 Å². The second-order valence-corrected chi connectivity index (χ2v) is 7.35. The summed E-state index contributed by atoms with van der Waals surface area (Å²) in [4.78, 5) is 16.3. The van der Waals surface area contributed by atoms with Gasteiger partial charge in [-0.1, -0.05) is 0 Å². The van der Waals surface area contributed by atoms with Gasteiger partial charge in [-0.3, -0.25) is 14.5 Å². The second-order valence-electron chi connectivity index (χ2n) is 5.70. The predicted molar refractivity (Wildman–Crippen MR) is 95.2 cm³/mol. The van der Waals surface area contributed by atoms with Gasteiger partial charge >= 0.3 is 0 Å². The quantitative estimate of drug-likeness (QED) is 0.819. The van der Waals surface area contributed by atoms with Crippen molar-refractivity contribution in [3.05, 3.63) is 41.7 Å².